The summed E-state index contributed by atoms with van der Waals surface area (Å²) < 4.78 is 0.632. The summed E-state index contributed by atoms with van der Waals surface area (Å²) in [6.07, 6.45) is 1.42. The summed E-state index contributed by atoms with van der Waals surface area (Å²) in [4.78, 5) is 14.8. The number of amides is 1. The van der Waals surface area contributed by atoms with Crippen LogP contribution in [0.2, 0.25) is 4.34 Å². The van der Waals surface area contributed by atoms with Crippen molar-refractivity contribution in [1.82, 2.24) is 15.6 Å². The molecule has 1 aromatic heterocycles. The Balaban J connectivity index is 2.15. The second-order valence-electron chi connectivity index (χ2n) is 2.38. The van der Waals surface area contributed by atoms with E-state index >= 15 is 0 Å². The molecule has 4 nitrogen and oxygen atoms in total. The van der Waals surface area contributed by atoms with E-state index in [1.807, 2.05) is 0 Å². The van der Waals surface area contributed by atoms with Gasteiger partial charge in [0.2, 0.25) is 5.91 Å². The van der Waals surface area contributed by atoms with Crippen molar-refractivity contribution in [3.63, 3.8) is 0 Å². The zero-order valence-electron chi connectivity index (χ0n) is 6.00. The Bertz CT molecular complexity index is 313. The SMILES string of the molecule is O=C1CNC(c2ncc(Cl)s2)N1. The smallest absolute Gasteiger partial charge is 0.235 e. The zero-order valence-corrected chi connectivity index (χ0v) is 7.58. The summed E-state index contributed by atoms with van der Waals surface area (Å²) in [5.41, 5.74) is 0. The molecular formula is C6H6ClN3OS. The topological polar surface area (TPSA) is 54.0 Å². The second-order valence-corrected chi connectivity index (χ2v) is 4.08. The molecule has 1 saturated heterocycles. The van der Waals surface area contributed by atoms with Crippen molar-refractivity contribution in [3.05, 3.63) is 15.5 Å². The van der Waals surface area contributed by atoms with Gasteiger partial charge < -0.3 is 5.32 Å². The van der Waals surface area contributed by atoms with Crippen LogP contribution in [0.25, 0.3) is 0 Å². The number of thiazole rings is 1. The molecule has 0 aromatic carbocycles. The van der Waals surface area contributed by atoms with Crippen LogP contribution in [-0.4, -0.2) is 17.4 Å². The lowest BCUT2D eigenvalue weighted by Gasteiger charge is -2.04. The Morgan fingerprint density at radius 3 is 3.08 bits per heavy atom. The van der Waals surface area contributed by atoms with Crippen molar-refractivity contribution in [2.24, 2.45) is 0 Å². The highest BCUT2D eigenvalue weighted by Crippen LogP contribution is 2.23. The van der Waals surface area contributed by atoms with Gasteiger partial charge >= 0.3 is 0 Å². The van der Waals surface area contributed by atoms with E-state index in [9.17, 15) is 4.79 Å². The Kier molecular flexibility index (Phi) is 2.00. The predicted molar refractivity (Wildman–Crippen MR) is 46.0 cm³/mol. The van der Waals surface area contributed by atoms with E-state index in [1.165, 1.54) is 11.3 Å². The Hall–Kier alpha value is -0.650. The van der Waals surface area contributed by atoms with Gasteiger partial charge in [-0.05, 0) is 0 Å². The first kappa shape index (κ1) is 7.97. The van der Waals surface area contributed by atoms with Crippen LogP contribution >= 0.6 is 22.9 Å². The Labute approximate surface area is 77.9 Å². The summed E-state index contributed by atoms with van der Waals surface area (Å²) >= 11 is 7.05. The van der Waals surface area contributed by atoms with Crippen molar-refractivity contribution in [2.45, 2.75) is 6.17 Å². The van der Waals surface area contributed by atoms with Crippen molar-refractivity contribution in [2.75, 3.05) is 6.54 Å². The predicted octanol–water partition coefficient (Wildman–Crippen LogP) is 0.514. The van der Waals surface area contributed by atoms with E-state index in [0.29, 0.717) is 10.9 Å². The normalized spacial score (nSPS) is 22.8. The number of carbonyl (C=O) groups is 1. The molecule has 0 radical (unpaired) electrons. The Morgan fingerprint density at radius 2 is 2.58 bits per heavy atom. The van der Waals surface area contributed by atoms with Gasteiger partial charge in [0.1, 0.15) is 15.5 Å². The number of nitrogens with zero attached hydrogens (tertiary/aromatic N) is 1. The van der Waals surface area contributed by atoms with Gasteiger partial charge in [-0.2, -0.15) is 0 Å². The number of hydrogen-bond acceptors (Lipinski definition) is 4. The highest BCUT2D eigenvalue weighted by molar-refractivity contribution is 7.15. The first-order valence-electron chi connectivity index (χ1n) is 3.39. The maximum atomic E-state index is 10.8. The Morgan fingerprint density at radius 1 is 1.75 bits per heavy atom. The van der Waals surface area contributed by atoms with Crippen LogP contribution in [-0.2, 0) is 4.79 Å². The van der Waals surface area contributed by atoms with Crippen LogP contribution in [0.5, 0.6) is 0 Å². The number of halogens is 1. The molecule has 1 amide bonds. The van der Waals surface area contributed by atoms with Crippen molar-refractivity contribution in [1.29, 1.82) is 0 Å². The molecule has 1 aliphatic heterocycles. The number of hydrogen-bond donors (Lipinski definition) is 2. The summed E-state index contributed by atoms with van der Waals surface area (Å²) in [5.74, 6) is -0.00803. The van der Waals surface area contributed by atoms with Gasteiger partial charge in [0.05, 0.1) is 12.7 Å². The van der Waals surface area contributed by atoms with Crippen molar-refractivity contribution in [3.8, 4) is 0 Å². The molecule has 2 heterocycles. The second kappa shape index (κ2) is 3.01. The fraction of sp³-hybridized carbons (Fsp3) is 0.333. The lowest BCUT2D eigenvalue weighted by atomic mass is 10.5. The number of carbonyl (C=O) groups excluding carboxylic acids is 1. The molecule has 1 atom stereocenters. The van der Waals surface area contributed by atoms with Gasteiger partial charge in [0.25, 0.3) is 0 Å². The first-order chi connectivity index (χ1) is 5.75. The molecule has 1 fully saturated rings. The summed E-state index contributed by atoms with van der Waals surface area (Å²) in [6.45, 7) is 0.349. The van der Waals surface area contributed by atoms with Crippen molar-refractivity contribution >= 4 is 28.8 Å². The van der Waals surface area contributed by atoms with E-state index in [0.717, 1.165) is 5.01 Å². The molecule has 64 valence electrons. The zero-order chi connectivity index (χ0) is 8.55. The molecule has 12 heavy (non-hydrogen) atoms. The monoisotopic (exact) mass is 203 g/mol. The number of rotatable bonds is 1. The average molecular weight is 204 g/mol. The quantitative estimate of drug-likeness (QED) is 0.700. The van der Waals surface area contributed by atoms with Crippen LogP contribution < -0.4 is 10.6 Å². The lowest BCUT2D eigenvalue weighted by molar-refractivity contribution is -0.118. The first-order valence-corrected chi connectivity index (χ1v) is 4.59. The maximum absolute atomic E-state index is 10.8. The van der Waals surface area contributed by atoms with Gasteiger partial charge in [0.15, 0.2) is 0 Å². The van der Waals surface area contributed by atoms with E-state index in [4.69, 9.17) is 11.6 Å². The van der Waals surface area contributed by atoms with Crippen LogP contribution in [0, 0.1) is 0 Å². The van der Waals surface area contributed by atoms with Gasteiger partial charge in [-0.15, -0.1) is 11.3 Å². The molecule has 2 rings (SSSR count). The molecule has 1 aliphatic rings. The third-order valence-electron chi connectivity index (χ3n) is 1.51. The molecule has 0 saturated carbocycles. The molecule has 1 unspecified atom stereocenters. The molecular weight excluding hydrogens is 198 g/mol. The number of nitrogens with one attached hydrogen (secondary N) is 2. The van der Waals surface area contributed by atoms with E-state index in [-0.39, 0.29) is 12.1 Å². The van der Waals surface area contributed by atoms with Gasteiger partial charge in [0, 0.05) is 0 Å². The third kappa shape index (κ3) is 1.43. The highest BCUT2D eigenvalue weighted by atomic mass is 35.5. The molecule has 6 heteroatoms. The molecule has 1 aromatic rings. The van der Waals surface area contributed by atoms with Gasteiger partial charge in [-0.1, -0.05) is 11.6 Å². The minimum absolute atomic E-state index is 0.00803. The number of aromatic nitrogens is 1. The van der Waals surface area contributed by atoms with Crippen LogP contribution in [0.3, 0.4) is 0 Å². The minimum Gasteiger partial charge on any atom is -0.333 e. The molecule has 0 bridgehead atoms. The third-order valence-corrected chi connectivity index (χ3v) is 2.69. The van der Waals surface area contributed by atoms with E-state index < -0.39 is 0 Å². The fourth-order valence-corrected chi connectivity index (χ4v) is 1.96. The molecule has 0 spiro atoms. The van der Waals surface area contributed by atoms with E-state index in [1.54, 1.807) is 6.20 Å². The van der Waals surface area contributed by atoms with Crippen molar-refractivity contribution < 1.29 is 4.79 Å². The summed E-state index contributed by atoms with van der Waals surface area (Å²) in [5, 5.41) is 6.48. The lowest BCUT2D eigenvalue weighted by Crippen LogP contribution is -2.22. The molecule has 0 aliphatic carbocycles. The summed E-state index contributed by atoms with van der Waals surface area (Å²) in [6, 6.07) is 0. The standard InChI is InChI=1S/C6H6ClN3OS/c7-3-1-9-6(12-3)5-8-2-4(11)10-5/h1,5,8H,2H2,(H,10,11). The largest absolute Gasteiger partial charge is 0.333 e. The van der Waals surface area contributed by atoms with Gasteiger partial charge in [-0.25, -0.2) is 4.98 Å². The maximum Gasteiger partial charge on any atom is 0.235 e. The highest BCUT2D eigenvalue weighted by Gasteiger charge is 2.23. The summed E-state index contributed by atoms with van der Waals surface area (Å²) in [7, 11) is 0. The van der Waals surface area contributed by atoms with Crippen LogP contribution in [0.4, 0.5) is 0 Å². The van der Waals surface area contributed by atoms with Gasteiger partial charge in [-0.3, -0.25) is 10.1 Å². The average Bonchev–Trinajstić information content (AvgIpc) is 2.58. The van der Waals surface area contributed by atoms with E-state index in [2.05, 4.69) is 15.6 Å². The fourth-order valence-electron chi connectivity index (χ4n) is 1.01. The minimum atomic E-state index is -0.157. The van der Waals surface area contributed by atoms with Crippen LogP contribution in [0.1, 0.15) is 11.2 Å². The molecule has 2 N–H and O–H groups in total. The van der Waals surface area contributed by atoms with Crippen LogP contribution in [0.15, 0.2) is 6.20 Å².